The van der Waals surface area contributed by atoms with Crippen LogP contribution in [0, 0.1) is 0 Å². The van der Waals surface area contributed by atoms with E-state index in [1.807, 2.05) is 19.2 Å². The van der Waals surface area contributed by atoms with Crippen LogP contribution in [0.25, 0.3) is 11.1 Å². The number of aromatic nitrogens is 1. The fourth-order valence-corrected chi connectivity index (χ4v) is 2.07. The second-order valence-corrected chi connectivity index (χ2v) is 5.06. The average Bonchev–Trinajstić information content (AvgIpc) is 2.53. The summed E-state index contributed by atoms with van der Waals surface area (Å²) < 4.78 is 0. The molecule has 1 heterocycles. The summed E-state index contributed by atoms with van der Waals surface area (Å²) >= 11 is 0. The van der Waals surface area contributed by atoms with Crippen LogP contribution >= 0.6 is 0 Å². The third-order valence-electron chi connectivity index (χ3n) is 3.54. The second kappa shape index (κ2) is 7.17. The van der Waals surface area contributed by atoms with Crippen LogP contribution in [0.15, 0.2) is 48.8 Å². The summed E-state index contributed by atoms with van der Waals surface area (Å²) in [6.45, 7) is 4.73. The van der Waals surface area contributed by atoms with Gasteiger partial charge in [-0.05, 0) is 36.1 Å². The molecule has 0 aliphatic carbocycles. The highest BCUT2D eigenvalue weighted by Gasteiger charge is 2.07. The van der Waals surface area contributed by atoms with Gasteiger partial charge in [0.1, 0.15) is 0 Å². The molecule has 0 radical (unpaired) electrons. The molecule has 0 saturated carbocycles. The average molecular weight is 270 g/mol. The number of benzene rings is 1. The summed E-state index contributed by atoms with van der Waals surface area (Å²) in [4.78, 5) is 4.14. The van der Waals surface area contributed by atoms with E-state index in [1.54, 1.807) is 6.20 Å². The van der Waals surface area contributed by atoms with Crippen molar-refractivity contribution in [3.8, 4) is 11.1 Å². The maximum absolute atomic E-state index is 9.58. The van der Waals surface area contributed by atoms with Crippen LogP contribution in [0.1, 0.15) is 31.9 Å². The van der Waals surface area contributed by atoms with Crippen LogP contribution < -0.4 is 5.32 Å². The van der Waals surface area contributed by atoms with Crippen molar-refractivity contribution in [3.63, 3.8) is 0 Å². The zero-order valence-electron chi connectivity index (χ0n) is 12.1. The van der Waals surface area contributed by atoms with E-state index in [0.717, 1.165) is 12.0 Å². The normalized spacial score (nSPS) is 13.9. The lowest BCUT2D eigenvalue weighted by atomic mass is 10.0. The van der Waals surface area contributed by atoms with E-state index in [0.29, 0.717) is 6.54 Å². The van der Waals surface area contributed by atoms with Crippen molar-refractivity contribution in [1.29, 1.82) is 0 Å². The first-order chi connectivity index (χ1) is 9.70. The molecule has 0 unspecified atom stereocenters. The number of pyridine rings is 1. The first-order valence-electron chi connectivity index (χ1n) is 7.12. The van der Waals surface area contributed by atoms with E-state index in [2.05, 4.69) is 47.6 Å². The van der Waals surface area contributed by atoms with Crippen LogP contribution in [0.5, 0.6) is 0 Å². The molecule has 3 heteroatoms. The summed E-state index contributed by atoms with van der Waals surface area (Å²) in [5.41, 5.74) is 3.52. The molecule has 0 aliphatic rings. The fraction of sp³-hybridized carbons (Fsp3) is 0.353. The molecule has 0 bridgehead atoms. The van der Waals surface area contributed by atoms with Gasteiger partial charge in [-0.3, -0.25) is 4.98 Å². The molecule has 2 N–H and O–H groups in total. The van der Waals surface area contributed by atoms with Gasteiger partial charge in [-0.25, -0.2) is 0 Å². The van der Waals surface area contributed by atoms with E-state index in [4.69, 9.17) is 0 Å². The number of rotatable bonds is 6. The molecule has 0 amide bonds. The Hall–Kier alpha value is -1.71. The van der Waals surface area contributed by atoms with Gasteiger partial charge in [0, 0.05) is 25.0 Å². The number of aliphatic hydroxyl groups is 1. The molecule has 3 nitrogen and oxygen atoms in total. The van der Waals surface area contributed by atoms with Gasteiger partial charge in [-0.2, -0.15) is 0 Å². The number of hydrogen-bond donors (Lipinski definition) is 2. The summed E-state index contributed by atoms with van der Waals surface area (Å²) in [7, 11) is 0. The molecule has 2 rings (SSSR count). The van der Waals surface area contributed by atoms with E-state index in [-0.39, 0.29) is 12.1 Å². The summed E-state index contributed by atoms with van der Waals surface area (Å²) in [6, 6.07) is 12.7. The largest absolute Gasteiger partial charge is 0.392 e. The first-order valence-corrected chi connectivity index (χ1v) is 7.12. The molecule has 0 spiro atoms. The summed E-state index contributed by atoms with van der Waals surface area (Å²) in [5.74, 6) is 0. The Morgan fingerprint density at radius 3 is 2.50 bits per heavy atom. The van der Waals surface area contributed by atoms with E-state index < -0.39 is 0 Å². The zero-order valence-corrected chi connectivity index (χ0v) is 12.1. The Morgan fingerprint density at radius 2 is 1.90 bits per heavy atom. The third kappa shape index (κ3) is 3.89. The maximum Gasteiger partial charge on any atom is 0.0662 e. The summed E-state index contributed by atoms with van der Waals surface area (Å²) in [5, 5.41) is 12.9. The molecule has 1 aromatic heterocycles. The van der Waals surface area contributed by atoms with E-state index in [1.165, 1.54) is 11.1 Å². The molecule has 0 fully saturated rings. The number of hydrogen-bond acceptors (Lipinski definition) is 3. The minimum absolute atomic E-state index is 0.235. The molecule has 2 atom stereocenters. The van der Waals surface area contributed by atoms with Gasteiger partial charge in [0.2, 0.25) is 0 Å². The molecule has 1 aromatic carbocycles. The van der Waals surface area contributed by atoms with Crippen molar-refractivity contribution < 1.29 is 5.11 Å². The Morgan fingerprint density at radius 1 is 1.15 bits per heavy atom. The highest BCUT2D eigenvalue weighted by atomic mass is 16.3. The maximum atomic E-state index is 9.58. The highest BCUT2D eigenvalue weighted by Crippen LogP contribution is 2.21. The molecule has 0 saturated heterocycles. The van der Waals surface area contributed by atoms with Gasteiger partial charge < -0.3 is 10.4 Å². The van der Waals surface area contributed by atoms with E-state index >= 15 is 0 Å². The Balaban J connectivity index is 2.01. The molecule has 2 aromatic rings. The Bertz CT molecular complexity index is 510. The monoisotopic (exact) mass is 270 g/mol. The van der Waals surface area contributed by atoms with Crippen LogP contribution in [0.2, 0.25) is 0 Å². The summed E-state index contributed by atoms with van der Waals surface area (Å²) in [6.07, 6.45) is 4.16. The quantitative estimate of drug-likeness (QED) is 0.847. The van der Waals surface area contributed by atoms with Crippen LogP contribution in [0.3, 0.4) is 0 Å². The topological polar surface area (TPSA) is 45.1 Å². The van der Waals surface area contributed by atoms with E-state index in [9.17, 15) is 5.11 Å². The molecular formula is C17H22N2O. The van der Waals surface area contributed by atoms with Gasteiger partial charge in [-0.15, -0.1) is 0 Å². The minimum Gasteiger partial charge on any atom is -0.392 e. The number of nitrogens with zero attached hydrogens (tertiary/aromatic N) is 1. The van der Waals surface area contributed by atoms with Crippen LogP contribution in [0.4, 0.5) is 0 Å². The van der Waals surface area contributed by atoms with Crippen molar-refractivity contribution in [2.24, 2.45) is 0 Å². The van der Waals surface area contributed by atoms with Gasteiger partial charge in [-0.1, -0.05) is 37.3 Å². The molecule has 20 heavy (non-hydrogen) atoms. The zero-order chi connectivity index (χ0) is 14.4. The SMILES string of the molecule is CC[C@H](O)CN[C@@H](C)c1ccc(-c2cccnc2)cc1. The Kier molecular flexibility index (Phi) is 5.27. The van der Waals surface area contributed by atoms with Crippen LogP contribution in [-0.4, -0.2) is 22.7 Å². The highest BCUT2D eigenvalue weighted by molar-refractivity contribution is 5.62. The predicted molar refractivity (Wildman–Crippen MR) is 82.4 cm³/mol. The fourth-order valence-electron chi connectivity index (χ4n) is 2.07. The number of aliphatic hydroxyl groups excluding tert-OH is 1. The van der Waals surface area contributed by atoms with Crippen molar-refractivity contribution in [1.82, 2.24) is 10.3 Å². The lowest BCUT2D eigenvalue weighted by Crippen LogP contribution is -2.28. The molecule has 106 valence electrons. The van der Waals surface area contributed by atoms with Gasteiger partial charge in [0.05, 0.1) is 6.10 Å². The second-order valence-electron chi connectivity index (χ2n) is 5.06. The lowest BCUT2D eigenvalue weighted by molar-refractivity contribution is 0.164. The number of nitrogens with one attached hydrogen (secondary N) is 1. The van der Waals surface area contributed by atoms with Crippen molar-refractivity contribution >= 4 is 0 Å². The Labute approximate surface area is 120 Å². The van der Waals surface area contributed by atoms with Crippen molar-refractivity contribution in [2.45, 2.75) is 32.4 Å². The minimum atomic E-state index is -0.271. The molecule has 0 aliphatic heterocycles. The first kappa shape index (κ1) is 14.7. The van der Waals surface area contributed by atoms with Crippen molar-refractivity contribution in [3.05, 3.63) is 54.4 Å². The standard InChI is InChI=1S/C17H22N2O/c1-3-17(20)12-19-13(2)14-6-8-15(9-7-14)16-5-4-10-18-11-16/h4-11,13,17,19-20H,3,12H2,1-2H3/t13-,17-/m0/s1. The van der Waals surface area contributed by atoms with Gasteiger partial charge in [0.25, 0.3) is 0 Å². The lowest BCUT2D eigenvalue weighted by Gasteiger charge is -2.17. The smallest absolute Gasteiger partial charge is 0.0662 e. The predicted octanol–water partition coefficient (Wildman–Crippen LogP) is 3.17. The molecular weight excluding hydrogens is 248 g/mol. The van der Waals surface area contributed by atoms with Crippen LogP contribution in [-0.2, 0) is 0 Å². The third-order valence-corrected chi connectivity index (χ3v) is 3.54. The van der Waals surface area contributed by atoms with Crippen molar-refractivity contribution in [2.75, 3.05) is 6.54 Å². The van der Waals surface area contributed by atoms with Gasteiger partial charge >= 0.3 is 0 Å². The van der Waals surface area contributed by atoms with Gasteiger partial charge in [0.15, 0.2) is 0 Å².